The Morgan fingerprint density at radius 1 is 1.16 bits per heavy atom. The Hall–Kier alpha value is -1.63. The van der Waals surface area contributed by atoms with E-state index in [2.05, 4.69) is 16.0 Å². The molecular formula is C12H23N3O4. The Kier molecular flexibility index (Phi) is 8.52. The molecule has 0 aliphatic heterocycles. The summed E-state index contributed by atoms with van der Waals surface area (Å²) < 4.78 is 0. The first-order valence-electron chi connectivity index (χ1n) is 6.34. The lowest BCUT2D eigenvalue weighted by atomic mass is 10.0. The first-order chi connectivity index (χ1) is 8.86. The molecule has 19 heavy (non-hydrogen) atoms. The summed E-state index contributed by atoms with van der Waals surface area (Å²) in [5, 5.41) is 16.0. The van der Waals surface area contributed by atoms with Crippen LogP contribution in [0.15, 0.2) is 0 Å². The number of amides is 3. The van der Waals surface area contributed by atoms with E-state index >= 15 is 0 Å². The number of carboxylic acids is 1. The predicted octanol–water partition coefficient (Wildman–Crippen LogP) is 0.311. The van der Waals surface area contributed by atoms with Gasteiger partial charge in [-0.15, -0.1) is 0 Å². The highest BCUT2D eigenvalue weighted by molar-refractivity contribution is 5.96. The monoisotopic (exact) mass is 273 g/mol. The highest BCUT2D eigenvalue weighted by atomic mass is 16.4. The third kappa shape index (κ3) is 9.01. The molecule has 2 atom stereocenters. The molecule has 0 fully saturated rings. The van der Waals surface area contributed by atoms with E-state index in [9.17, 15) is 14.4 Å². The number of urea groups is 1. The van der Waals surface area contributed by atoms with E-state index in [-0.39, 0.29) is 12.3 Å². The van der Waals surface area contributed by atoms with Crippen LogP contribution in [0.2, 0.25) is 0 Å². The van der Waals surface area contributed by atoms with E-state index in [1.54, 1.807) is 6.92 Å². The molecule has 110 valence electrons. The SMILES string of the molecule is CNC(=O)NC(=O)C(C)NCCC(C)CCC(=O)O. The fraction of sp³-hybridized carbons (Fsp3) is 0.750. The van der Waals surface area contributed by atoms with Gasteiger partial charge in [-0.3, -0.25) is 14.9 Å². The van der Waals surface area contributed by atoms with Crippen molar-refractivity contribution in [2.45, 2.75) is 39.2 Å². The number of carboxylic acid groups (broad SMARTS) is 1. The Morgan fingerprint density at radius 3 is 2.32 bits per heavy atom. The van der Waals surface area contributed by atoms with Crippen LogP contribution in [-0.2, 0) is 9.59 Å². The van der Waals surface area contributed by atoms with Crippen molar-refractivity contribution in [2.24, 2.45) is 5.92 Å². The summed E-state index contributed by atoms with van der Waals surface area (Å²) >= 11 is 0. The molecule has 0 spiro atoms. The highest BCUT2D eigenvalue weighted by Crippen LogP contribution is 2.09. The number of imide groups is 1. The van der Waals surface area contributed by atoms with Gasteiger partial charge in [-0.25, -0.2) is 4.79 Å². The molecule has 2 unspecified atom stereocenters. The number of carbonyl (C=O) groups excluding carboxylic acids is 2. The van der Waals surface area contributed by atoms with Crippen LogP contribution in [0.25, 0.3) is 0 Å². The molecule has 7 nitrogen and oxygen atoms in total. The van der Waals surface area contributed by atoms with E-state index < -0.39 is 23.9 Å². The largest absolute Gasteiger partial charge is 0.481 e. The maximum atomic E-state index is 11.5. The van der Waals surface area contributed by atoms with Gasteiger partial charge in [0.2, 0.25) is 5.91 Å². The molecule has 0 aromatic rings. The molecule has 0 aromatic heterocycles. The van der Waals surface area contributed by atoms with Crippen molar-refractivity contribution in [2.75, 3.05) is 13.6 Å². The minimum Gasteiger partial charge on any atom is -0.481 e. The minimum atomic E-state index is -0.793. The van der Waals surface area contributed by atoms with Crippen molar-refractivity contribution in [1.29, 1.82) is 0 Å². The molecule has 0 heterocycles. The summed E-state index contributed by atoms with van der Waals surface area (Å²) in [5.74, 6) is -0.909. The van der Waals surface area contributed by atoms with Crippen molar-refractivity contribution in [3.63, 3.8) is 0 Å². The number of rotatable bonds is 8. The van der Waals surface area contributed by atoms with E-state index in [1.165, 1.54) is 7.05 Å². The number of nitrogens with one attached hydrogen (secondary N) is 3. The van der Waals surface area contributed by atoms with Gasteiger partial charge in [0.15, 0.2) is 0 Å². The summed E-state index contributed by atoms with van der Waals surface area (Å²) in [5.41, 5.74) is 0. The van der Waals surface area contributed by atoms with Gasteiger partial charge in [0, 0.05) is 13.5 Å². The second kappa shape index (κ2) is 9.32. The normalized spacial score (nSPS) is 13.4. The smallest absolute Gasteiger partial charge is 0.321 e. The van der Waals surface area contributed by atoms with Crippen LogP contribution >= 0.6 is 0 Å². The number of carbonyl (C=O) groups is 3. The van der Waals surface area contributed by atoms with Gasteiger partial charge in [-0.2, -0.15) is 0 Å². The van der Waals surface area contributed by atoms with Crippen LogP contribution < -0.4 is 16.0 Å². The zero-order valence-corrected chi connectivity index (χ0v) is 11.7. The van der Waals surface area contributed by atoms with Gasteiger partial charge in [-0.05, 0) is 32.2 Å². The quantitative estimate of drug-likeness (QED) is 0.509. The van der Waals surface area contributed by atoms with Crippen molar-refractivity contribution >= 4 is 17.9 Å². The number of hydrogen-bond acceptors (Lipinski definition) is 4. The molecule has 0 aromatic carbocycles. The first kappa shape index (κ1) is 17.4. The van der Waals surface area contributed by atoms with Gasteiger partial charge in [0.05, 0.1) is 6.04 Å². The fourth-order valence-electron chi connectivity index (χ4n) is 1.44. The average molecular weight is 273 g/mol. The molecule has 4 N–H and O–H groups in total. The molecule has 0 bridgehead atoms. The van der Waals surface area contributed by atoms with Crippen molar-refractivity contribution < 1.29 is 19.5 Å². The first-order valence-corrected chi connectivity index (χ1v) is 6.34. The highest BCUT2D eigenvalue weighted by Gasteiger charge is 2.14. The standard InChI is InChI=1S/C12H23N3O4/c1-8(4-5-10(16)17)6-7-14-9(2)11(18)15-12(19)13-3/h8-9,14H,4-7H2,1-3H3,(H,16,17)(H2,13,15,18,19). The van der Waals surface area contributed by atoms with Gasteiger partial charge >= 0.3 is 12.0 Å². The van der Waals surface area contributed by atoms with Crippen LogP contribution in [0.5, 0.6) is 0 Å². The Morgan fingerprint density at radius 2 is 1.79 bits per heavy atom. The van der Waals surface area contributed by atoms with Crippen LogP contribution in [-0.4, -0.2) is 42.6 Å². The molecule has 7 heteroatoms. The van der Waals surface area contributed by atoms with Crippen molar-refractivity contribution in [3.8, 4) is 0 Å². The molecular weight excluding hydrogens is 250 g/mol. The third-order valence-electron chi connectivity index (χ3n) is 2.80. The summed E-state index contributed by atoms with van der Waals surface area (Å²) in [6.45, 7) is 4.24. The summed E-state index contributed by atoms with van der Waals surface area (Å²) in [4.78, 5) is 32.8. The van der Waals surface area contributed by atoms with Crippen LogP contribution in [0.3, 0.4) is 0 Å². The second-order valence-electron chi connectivity index (χ2n) is 4.57. The lowest BCUT2D eigenvalue weighted by molar-refractivity contribution is -0.137. The predicted molar refractivity (Wildman–Crippen MR) is 70.7 cm³/mol. The average Bonchev–Trinajstić information content (AvgIpc) is 2.35. The summed E-state index contributed by atoms with van der Waals surface area (Å²) in [6, 6.07) is -1.00. The van der Waals surface area contributed by atoms with E-state index in [0.29, 0.717) is 13.0 Å². The van der Waals surface area contributed by atoms with Crippen LogP contribution in [0.4, 0.5) is 4.79 Å². The van der Waals surface area contributed by atoms with E-state index in [4.69, 9.17) is 5.11 Å². The minimum absolute atomic E-state index is 0.161. The maximum Gasteiger partial charge on any atom is 0.321 e. The molecule has 0 saturated heterocycles. The number of aliphatic carboxylic acids is 1. The van der Waals surface area contributed by atoms with E-state index in [0.717, 1.165) is 6.42 Å². The fourth-order valence-corrected chi connectivity index (χ4v) is 1.44. The Labute approximate surface area is 113 Å². The molecule has 0 aliphatic carbocycles. The topological polar surface area (TPSA) is 108 Å². The summed E-state index contributed by atoms with van der Waals surface area (Å²) in [7, 11) is 1.44. The zero-order valence-electron chi connectivity index (χ0n) is 11.7. The maximum absolute atomic E-state index is 11.5. The zero-order chi connectivity index (χ0) is 14.8. The second-order valence-corrected chi connectivity index (χ2v) is 4.57. The lowest BCUT2D eigenvalue weighted by Crippen LogP contribution is -2.47. The summed E-state index contributed by atoms with van der Waals surface area (Å²) in [6.07, 6.45) is 1.56. The van der Waals surface area contributed by atoms with Gasteiger partial charge in [0.25, 0.3) is 0 Å². The molecule has 0 saturated carbocycles. The third-order valence-corrected chi connectivity index (χ3v) is 2.80. The van der Waals surface area contributed by atoms with Crippen molar-refractivity contribution in [1.82, 2.24) is 16.0 Å². The number of hydrogen-bond donors (Lipinski definition) is 4. The molecule has 0 aliphatic rings. The van der Waals surface area contributed by atoms with Gasteiger partial charge < -0.3 is 15.7 Å². The molecule has 0 rings (SSSR count). The van der Waals surface area contributed by atoms with Gasteiger partial charge in [-0.1, -0.05) is 6.92 Å². The van der Waals surface area contributed by atoms with Crippen LogP contribution in [0.1, 0.15) is 33.1 Å². The molecule has 0 radical (unpaired) electrons. The Balaban J connectivity index is 3.78. The van der Waals surface area contributed by atoms with Crippen LogP contribution in [0, 0.1) is 5.92 Å². The Bertz CT molecular complexity index is 320. The lowest BCUT2D eigenvalue weighted by Gasteiger charge is -2.15. The van der Waals surface area contributed by atoms with Crippen molar-refractivity contribution in [3.05, 3.63) is 0 Å². The molecule has 3 amide bonds. The van der Waals surface area contributed by atoms with E-state index in [1.807, 2.05) is 6.92 Å². The van der Waals surface area contributed by atoms with Gasteiger partial charge in [0.1, 0.15) is 0 Å².